The molecule has 1 saturated heterocycles. The Morgan fingerprint density at radius 1 is 1.03 bits per heavy atom. The molecule has 0 amide bonds. The number of carbonyl (C=O) groups excluding carboxylic acids is 1. The number of benzene rings is 2. The van der Waals surface area contributed by atoms with Crippen molar-refractivity contribution in [3.63, 3.8) is 0 Å². The van der Waals surface area contributed by atoms with Crippen LogP contribution >= 0.6 is 0 Å². The first-order valence-electron chi connectivity index (χ1n) is 12.0. The number of ether oxygens (including phenoxy) is 4. The Labute approximate surface area is 215 Å². The summed E-state index contributed by atoms with van der Waals surface area (Å²) < 4.78 is 68.7. The van der Waals surface area contributed by atoms with E-state index in [0.717, 1.165) is 19.6 Å². The van der Waals surface area contributed by atoms with Gasteiger partial charge in [-0.05, 0) is 36.4 Å². The summed E-state index contributed by atoms with van der Waals surface area (Å²) in [5, 5.41) is -0.0587. The van der Waals surface area contributed by atoms with E-state index in [1.807, 2.05) is 4.90 Å². The van der Waals surface area contributed by atoms with Crippen molar-refractivity contribution in [2.24, 2.45) is 0 Å². The van der Waals surface area contributed by atoms with Crippen molar-refractivity contribution in [3.8, 4) is 17.2 Å². The number of esters is 1. The highest BCUT2D eigenvalue weighted by atomic mass is 19.4. The van der Waals surface area contributed by atoms with Crippen molar-refractivity contribution in [2.75, 3.05) is 53.2 Å². The van der Waals surface area contributed by atoms with Gasteiger partial charge in [0.15, 0.2) is 0 Å². The lowest BCUT2D eigenvalue weighted by Crippen LogP contribution is -2.43. The van der Waals surface area contributed by atoms with Crippen LogP contribution in [0.4, 0.5) is 13.2 Å². The first-order valence-corrected chi connectivity index (χ1v) is 12.0. The lowest BCUT2D eigenvalue weighted by Gasteiger charge is -2.32. The fraction of sp³-hybridized carbons (Fsp3) is 0.385. The number of carbonyl (C=O) groups is 1. The predicted octanol–water partition coefficient (Wildman–Crippen LogP) is 3.87. The third kappa shape index (κ3) is 5.33. The Balaban J connectivity index is 1.47. The summed E-state index contributed by atoms with van der Waals surface area (Å²) in [6, 6.07) is 8.09. The summed E-state index contributed by atoms with van der Waals surface area (Å²) in [5.74, 6) is -2.87. The topological polar surface area (TPSA) is 90.7 Å². The Kier molecular flexibility index (Phi) is 7.28. The number of hydrogen-bond acceptors (Lipinski definition) is 9. The Morgan fingerprint density at radius 3 is 2.42 bits per heavy atom. The number of morpholine rings is 1. The van der Waals surface area contributed by atoms with Crippen LogP contribution in [0.5, 0.6) is 17.2 Å². The minimum atomic E-state index is -5.01. The fourth-order valence-corrected chi connectivity index (χ4v) is 4.42. The number of alkyl halides is 3. The van der Waals surface area contributed by atoms with Crippen LogP contribution in [0.2, 0.25) is 0 Å². The van der Waals surface area contributed by atoms with Gasteiger partial charge in [-0.2, -0.15) is 13.2 Å². The predicted molar refractivity (Wildman–Crippen MR) is 129 cm³/mol. The van der Waals surface area contributed by atoms with E-state index in [9.17, 15) is 22.8 Å². The zero-order chi connectivity index (χ0) is 26.9. The second-order valence-electron chi connectivity index (χ2n) is 8.90. The number of hydrogen-bond donors (Lipinski definition) is 0. The van der Waals surface area contributed by atoms with E-state index in [0.29, 0.717) is 31.1 Å². The van der Waals surface area contributed by atoms with E-state index in [1.165, 1.54) is 37.4 Å². The highest BCUT2D eigenvalue weighted by molar-refractivity contribution is 5.89. The van der Waals surface area contributed by atoms with Crippen molar-refractivity contribution >= 4 is 16.9 Å². The molecule has 202 valence electrons. The average Bonchev–Trinajstić information content (AvgIpc) is 2.93. The molecular formula is C26H25F3N2O7. The maximum absolute atomic E-state index is 14.1. The molecule has 12 heteroatoms. The lowest BCUT2D eigenvalue weighted by atomic mass is 10.1. The number of nitrogens with zero attached hydrogens (tertiary/aromatic N) is 2. The summed E-state index contributed by atoms with van der Waals surface area (Å²) in [6.45, 7) is 4.84. The maximum Gasteiger partial charge on any atom is 0.453 e. The SMILES string of the molecule is COC(=O)c1ccc(Oc2c(C(F)(F)F)oc3c4c(ccc3c2=O)OCN(CCN2CCOCC2)C4)cc1. The molecule has 0 N–H and O–H groups in total. The summed E-state index contributed by atoms with van der Waals surface area (Å²) >= 11 is 0. The van der Waals surface area contributed by atoms with Crippen molar-refractivity contribution in [1.29, 1.82) is 0 Å². The average molecular weight is 534 g/mol. The molecule has 1 fully saturated rings. The highest BCUT2D eigenvalue weighted by Crippen LogP contribution is 2.40. The molecule has 2 aromatic carbocycles. The van der Waals surface area contributed by atoms with Crippen LogP contribution in [0.3, 0.4) is 0 Å². The molecule has 0 bridgehead atoms. The summed E-state index contributed by atoms with van der Waals surface area (Å²) in [4.78, 5) is 29.1. The molecule has 38 heavy (non-hydrogen) atoms. The normalized spacial score (nSPS) is 16.6. The largest absolute Gasteiger partial charge is 0.478 e. The maximum atomic E-state index is 14.1. The minimum Gasteiger partial charge on any atom is -0.478 e. The molecule has 0 unspecified atom stereocenters. The molecule has 5 rings (SSSR count). The summed E-state index contributed by atoms with van der Waals surface area (Å²) in [6.07, 6.45) is -5.01. The smallest absolute Gasteiger partial charge is 0.453 e. The summed E-state index contributed by atoms with van der Waals surface area (Å²) in [5.41, 5.74) is -0.619. The van der Waals surface area contributed by atoms with E-state index in [1.54, 1.807) is 6.07 Å². The number of halogens is 3. The molecule has 0 spiro atoms. The second-order valence-corrected chi connectivity index (χ2v) is 8.90. The zero-order valence-electron chi connectivity index (χ0n) is 20.5. The molecule has 0 radical (unpaired) electrons. The molecule has 1 aromatic heterocycles. The highest BCUT2D eigenvalue weighted by Gasteiger charge is 2.41. The van der Waals surface area contributed by atoms with Gasteiger partial charge in [-0.3, -0.25) is 14.6 Å². The van der Waals surface area contributed by atoms with Crippen LogP contribution in [0.25, 0.3) is 11.0 Å². The van der Waals surface area contributed by atoms with Crippen LogP contribution < -0.4 is 14.9 Å². The lowest BCUT2D eigenvalue weighted by molar-refractivity contribution is -0.154. The van der Waals surface area contributed by atoms with Gasteiger partial charge in [-0.1, -0.05) is 0 Å². The molecule has 2 aliphatic heterocycles. The van der Waals surface area contributed by atoms with Crippen molar-refractivity contribution in [2.45, 2.75) is 12.7 Å². The first kappa shape index (κ1) is 26.0. The van der Waals surface area contributed by atoms with Gasteiger partial charge in [-0.25, -0.2) is 4.79 Å². The molecule has 0 atom stereocenters. The third-order valence-corrected chi connectivity index (χ3v) is 6.45. The number of methoxy groups -OCH3 is 1. The van der Waals surface area contributed by atoms with Crippen LogP contribution in [0, 0.1) is 0 Å². The molecular weight excluding hydrogens is 509 g/mol. The molecule has 0 aliphatic carbocycles. The van der Waals surface area contributed by atoms with Gasteiger partial charge in [-0.15, -0.1) is 0 Å². The molecule has 2 aliphatic rings. The summed E-state index contributed by atoms with van der Waals surface area (Å²) in [7, 11) is 1.20. The Morgan fingerprint density at radius 2 is 1.74 bits per heavy atom. The van der Waals surface area contributed by atoms with E-state index in [2.05, 4.69) is 9.64 Å². The standard InChI is InChI=1S/C26H25F3N2O7/c1-34-25(33)16-2-4-17(5-3-16)37-23-21(32)18-6-7-20-19(22(18)38-24(23)26(27,28)29)14-31(15-36-20)9-8-30-10-12-35-13-11-30/h2-7H,8-15H2,1H3. The Hall–Kier alpha value is -3.61. The fourth-order valence-electron chi connectivity index (χ4n) is 4.42. The molecule has 3 heterocycles. The van der Waals surface area contributed by atoms with Gasteiger partial charge in [0, 0.05) is 32.7 Å². The molecule has 3 aromatic rings. The zero-order valence-corrected chi connectivity index (χ0v) is 20.5. The monoisotopic (exact) mass is 534 g/mol. The Bertz CT molecular complexity index is 1380. The van der Waals surface area contributed by atoms with Gasteiger partial charge in [0.2, 0.25) is 11.2 Å². The van der Waals surface area contributed by atoms with Crippen molar-refractivity contribution in [1.82, 2.24) is 9.80 Å². The van der Waals surface area contributed by atoms with E-state index < -0.39 is 29.1 Å². The van der Waals surface area contributed by atoms with Crippen molar-refractivity contribution in [3.05, 3.63) is 63.5 Å². The van der Waals surface area contributed by atoms with Gasteiger partial charge in [0.25, 0.3) is 5.76 Å². The van der Waals surface area contributed by atoms with E-state index >= 15 is 0 Å². The second kappa shape index (κ2) is 10.6. The molecule has 0 saturated carbocycles. The quantitative estimate of drug-likeness (QED) is 0.437. The van der Waals surface area contributed by atoms with E-state index in [4.69, 9.17) is 18.6 Å². The number of rotatable bonds is 6. The van der Waals surface area contributed by atoms with Crippen LogP contribution in [-0.4, -0.2) is 69.0 Å². The van der Waals surface area contributed by atoms with Gasteiger partial charge < -0.3 is 23.4 Å². The van der Waals surface area contributed by atoms with E-state index in [-0.39, 0.29) is 35.6 Å². The van der Waals surface area contributed by atoms with Crippen LogP contribution in [0.1, 0.15) is 21.7 Å². The minimum absolute atomic E-state index is 0.0587. The molecule has 9 nitrogen and oxygen atoms in total. The van der Waals surface area contributed by atoms with Crippen LogP contribution in [-0.2, 0) is 22.2 Å². The van der Waals surface area contributed by atoms with Gasteiger partial charge in [0.05, 0.1) is 36.8 Å². The van der Waals surface area contributed by atoms with Crippen molar-refractivity contribution < 1.29 is 41.3 Å². The van der Waals surface area contributed by atoms with Gasteiger partial charge >= 0.3 is 12.1 Å². The van der Waals surface area contributed by atoms with Crippen LogP contribution in [0.15, 0.2) is 45.6 Å². The first-order chi connectivity index (χ1) is 18.2. The van der Waals surface area contributed by atoms with Gasteiger partial charge in [0.1, 0.15) is 23.8 Å². The number of fused-ring (bicyclic) bond motifs is 3. The third-order valence-electron chi connectivity index (χ3n) is 6.45.